The third kappa shape index (κ3) is 17.3. The summed E-state index contributed by atoms with van der Waals surface area (Å²) in [5.74, 6) is -2.81. The van der Waals surface area contributed by atoms with Gasteiger partial charge in [0.05, 0.1) is 69.1 Å². The molecule has 4 saturated carbocycles. The van der Waals surface area contributed by atoms with E-state index in [1.165, 1.54) is 26.0 Å². The molecule has 0 aromatic rings. The van der Waals surface area contributed by atoms with Crippen molar-refractivity contribution in [3.63, 3.8) is 0 Å². The van der Waals surface area contributed by atoms with E-state index in [0.717, 1.165) is 5.57 Å². The average molecular weight is 1650 g/mol. The van der Waals surface area contributed by atoms with Gasteiger partial charge in [-0.25, -0.2) is 4.79 Å². The Morgan fingerprint density at radius 3 is 1.70 bits per heavy atom. The third-order valence-electron chi connectivity index (χ3n) is 28.3. The van der Waals surface area contributed by atoms with Gasteiger partial charge in [-0.15, -0.1) is 6.58 Å². The van der Waals surface area contributed by atoms with Crippen LogP contribution in [0, 0.1) is 50.2 Å². The van der Waals surface area contributed by atoms with Gasteiger partial charge in [0.15, 0.2) is 43.8 Å². The Hall–Kier alpha value is -3.16. The topological polar surface area (TPSA) is 577 Å². The second-order valence-corrected chi connectivity index (χ2v) is 36.4. The minimum atomic E-state index is -2.15. The highest BCUT2D eigenvalue weighted by Crippen LogP contribution is 2.76. The van der Waals surface area contributed by atoms with Gasteiger partial charge in [-0.1, -0.05) is 72.3 Å². The summed E-state index contributed by atoms with van der Waals surface area (Å²) in [6.45, 7) is 17.5. The molecular formula is C78H124O37. The number of fused-ring (bicyclic) bond motifs is 7. The molecule has 0 bridgehead atoms. The van der Waals surface area contributed by atoms with Crippen LogP contribution in [0.2, 0.25) is 0 Å². The molecule has 0 unspecified atom stereocenters. The highest BCUT2D eigenvalue weighted by atomic mass is 16.8. The first-order valence-electron chi connectivity index (χ1n) is 40.2. The molecule has 658 valence electrons. The van der Waals surface area contributed by atoms with Gasteiger partial charge in [-0.05, 0) is 129 Å². The number of carbonyl (C=O) groups excluding carboxylic acids is 2. The first kappa shape index (κ1) is 91.1. The largest absolute Gasteiger partial charge is 0.459 e. The van der Waals surface area contributed by atoms with Crippen LogP contribution >= 0.6 is 0 Å². The molecule has 0 aromatic carbocycles. The van der Waals surface area contributed by atoms with E-state index in [9.17, 15) is 107 Å². The molecule has 115 heavy (non-hydrogen) atoms. The lowest BCUT2D eigenvalue weighted by Crippen LogP contribution is -2.69. The van der Waals surface area contributed by atoms with Gasteiger partial charge >= 0.3 is 11.9 Å². The second-order valence-electron chi connectivity index (χ2n) is 36.4. The number of carbonyl (C=O) groups is 2. The minimum Gasteiger partial charge on any atom is -0.459 e. The lowest BCUT2D eigenvalue weighted by Gasteiger charge is -2.71. The molecule has 0 amide bonds. The van der Waals surface area contributed by atoms with E-state index in [2.05, 4.69) is 61.1 Å². The van der Waals surface area contributed by atoms with E-state index in [1.54, 1.807) is 0 Å². The van der Waals surface area contributed by atoms with Crippen LogP contribution in [-0.2, 0) is 80.6 Å². The Labute approximate surface area is 666 Å². The fraction of sp³-hybridized carbons (Fsp3) is 0.897. The number of aliphatic hydroxyl groups excluding tert-OH is 19. The first-order chi connectivity index (χ1) is 53.9. The van der Waals surface area contributed by atoms with Crippen LogP contribution in [-0.4, -0.2) is 369 Å². The molecule has 0 aromatic heterocycles. The fourth-order valence-electron chi connectivity index (χ4n) is 20.9. The van der Waals surface area contributed by atoms with E-state index in [-0.39, 0.29) is 43.1 Å². The Balaban J connectivity index is 0.764. The summed E-state index contributed by atoms with van der Waals surface area (Å²) in [6.07, 6.45) is -46.4. The van der Waals surface area contributed by atoms with Gasteiger partial charge < -0.3 is 173 Å². The minimum absolute atomic E-state index is 0.0325. The van der Waals surface area contributed by atoms with Gasteiger partial charge in [0.2, 0.25) is 6.29 Å². The third-order valence-corrected chi connectivity index (χ3v) is 28.3. The van der Waals surface area contributed by atoms with Crippen LogP contribution in [0.25, 0.3) is 0 Å². The Morgan fingerprint density at radius 2 is 1.06 bits per heavy atom. The maximum atomic E-state index is 16.1. The van der Waals surface area contributed by atoms with Gasteiger partial charge in [-0.2, -0.15) is 0 Å². The number of esters is 2. The molecule has 0 radical (unpaired) electrons. The number of hydrogen-bond acceptors (Lipinski definition) is 37. The van der Waals surface area contributed by atoms with Crippen molar-refractivity contribution in [2.45, 2.75) is 341 Å². The Morgan fingerprint density at radius 1 is 0.539 bits per heavy atom. The normalized spacial score (nSPS) is 50.5. The monoisotopic (exact) mass is 1650 g/mol. The average Bonchev–Trinajstić information content (AvgIpc) is 0.670. The van der Waals surface area contributed by atoms with Crippen molar-refractivity contribution in [1.82, 2.24) is 0 Å². The summed E-state index contributed by atoms with van der Waals surface area (Å²) in [6, 6.07) is 0. The van der Waals surface area contributed by atoms with Crippen molar-refractivity contribution in [3.05, 3.63) is 36.0 Å². The van der Waals surface area contributed by atoms with Crippen LogP contribution in [0.1, 0.15) is 133 Å². The first-order valence-corrected chi connectivity index (χ1v) is 40.2. The van der Waals surface area contributed by atoms with Gasteiger partial charge in [0.1, 0.15) is 146 Å². The molecule has 7 heterocycles. The van der Waals surface area contributed by atoms with Crippen LogP contribution < -0.4 is 0 Å². The van der Waals surface area contributed by atoms with Crippen LogP contribution in [0.3, 0.4) is 0 Å². The number of hydrogen-bond donors (Lipinski definition) is 20. The number of rotatable bonds is 23. The van der Waals surface area contributed by atoms with E-state index in [0.29, 0.717) is 44.9 Å². The van der Waals surface area contributed by atoms with Crippen molar-refractivity contribution in [2.75, 3.05) is 46.2 Å². The zero-order valence-electron chi connectivity index (χ0n) is 66.3. The standard InChI is InChI=1S/C78H124O37/c1-11-74(7,100)18-12-13-33(25-79)63(98)101-30-40-50(89)52(91)62(114-67-57(96)53(92)59(32(2)107-67)111-66-58(97)60(39(83)29-104-66)112-64-54(93)46(85)36(80)26-102-64)70(109-40)115-71(99)78-22-21-72(3,4)23-35(78)34-14-15-43-75(8)19-17-45(73(5,6)42(75)16-20-76(43,9)77(34,10)24-44(78)84)110-68-56(95)51(90)49(88)41(108-68)31-106-69-61(48(87)38(82)28-105-69)113-65-55(94)47(86)37(81)27-103-65/h11,13-14,32,35-62,64-70,79-97,100H,1,12,15-31H2,2-10H3/b33-13+/t32-,35-,36-,37-,38-,39-,40-,41-,42-,43-,44-,45-,46+,47+,48+,49-,50-,51+,52+,53-,54-,55-,56-,57-,58-,59-,60+,61-,62-,64+,65+,66+,67+,68+,69+,70+,74+,75+,76-,77+,78-/m0/s1. The molecule has 41 atom stereocenters. The van der Waals surface area contributed by atoms with Crippen LogP contribution in [0.15, 0.2) is 36.0 Å². The van der Waals surface area contributed by atoms with Crippen LogP contribution in [0.4, 0.5) is 0 Å². The zero-order chi connectivity index (χ0) is 84.0. The molecule has 12 aliphatic rings. The highest BCUT2D eigenvalue weighted by molar-refractivity contribution is 5.88. The van der Waals surface area contributed by atoms with Gasteiger partial charge in [0, 0.05) is 0 Å². The van der Waals surface area contributed by atoms with E-state index < -0.39 is 305 Å². The lowest BCUT2D eigenvalue weighted by atomic mass is 9.33. The fourth-order valence-corrected chi connectivity index (χ4v) is 20.9. The summed E-state index contributed by atoms with van der Waals surface area (Å²) in [5.41, 5.74) is -5.11. The SMILES string of the molecule is C=C[C@@](C)(O)CC/C=C(\CO)C(=O)OC[C@@H]1O[C@H](OC(=O)[C@@]23CCC(C)(C)C[C@H]2C2=CC[C@H]4[C@]5(C)CC[C@H](O[C@H]6O[C@@H](CO[C@H]7OC[C@H](O)[C@@H](O)[C@@H]7O[C@H]7OC[C@H](O)[C@@H](O)[C@@H]7O)[C@H](O)[C@@H](O)[C@@H]6O)C(C)(C)[C@@H]5CC[C@]4(C)[C@]2(C)C[C@@H]3O)[C@@H](O[C@H]2O[C@@H](C)[C@H](O[C@H]3OC[C@H](O)[C@@H](O[C@H]4OC[C@H](O)[C@@H](O)[C@@H]4O)[C@@H]3O)[C@@H](O)[C@@H]2O)[C@H](O)[C@H]1O. The van der Waals surface area contributed by atoms with Crippen molar-refractivity contribution >= 4 is 11.9 Å². The summed E-state index contributed by atoms with van der Waals surface area (Å²) in [7, 11) is 0. The Kier molecular flexibility index (Phi) is 27.9. The molecule has 5 aliphatic carbocycles. The molecule has 0 spiro atoms. The van der Waals surface area contributed by atoms with Gasteiger partial charge in [0.25, 0.3) is 0 Å². The maximum absolute atomic E-state index is 16.1. The molecule has 12 rings (SSSR count). The molecule has 11 fully saturated rings. The van der Waals surface area contributed by atoms with E-state index >= 15 is 4.79 Å². The van der Waals surface area contributed by atoms with Crippen molar-refractivity contribution in [2.24, 2.45) is 50.2 Å². The van der Waals surface area contributed by atoms with Crippen molar-refractivity contribution < 1.29 is 183 Å². The highest BCUT2D eigenvalue weighted by Gasteiger charge is 2.73. The zero-order valence-corrected chi connectivity index (χ0v) is 66.3. The molecule has 7 saturated heterocycles. The summed E-state index contributed by atoms with van der Waals surface area (Å²) < 4.78 is 89.2. The second kappa shape index (κ2) is 35.2. The predicted molar refractivity (Wildman–Crippen MR) is 386 cm³/mol. The molecule has 7 aliphatic heterocycles. The quantitative estimate of drug-likeness (QED) is 0.0197. The number of allylic oxidation sites excluding steroid dienone is 3. The molecule has 37 heteroatoms. The molecular weight excluding hydrogens is 1530 g/mol. The van der Waals surface area contributed by atoms with Crippen LogP contribution in [0.5, 0.6) is 0 Å². The summed E-state index contributed by atoms with van der Waals surface area (Å²) >= 11 is 0. The van der Waals surface area contributed by atoms with E-state index in [1.807, 2.05) is 0 Å². The summed E-state index contributed by atoms with van der Waals surface area (Å²) in [4.78, 5) is 29.7. The predicted octanol–water partition coefficient (Wildman–Crippen LogP) is -4.82. The van der Waals surface area contributed by atoms with E-state index in [4.69, 9.17) is 71.1 Å². The van der Waals surface area contributed by atoms with Gasteiger partial charge in [-0.3, -0.25) is 4.79 Å². The van der Waals surface area contributed by atoms with Crippen molar-refractivity contribution in [1.29, 1.82) is 0 Å². The smallest absolute Gasteiger partial charge is 0.336 e. The molecule has 37 nitrogen and oxygen atoms in total. The maximum Gasteiger partial charge on any atom is 0.336 e. The number of aliphatic hydroxyl groups is 20. The lowest BCUT2D eigenvalue weighted by molar-refractivity contribution is -0.379. The molecule has 20 N–H and O–H groups in total. The number of ether oxygens (including phenoxy) is 15. The summed E-state index contributed by atoms with van der Waals surface area (Å²) in [5, 5.41) is 222. The van der Waals surface area contributed by atoms with Crippen molar-refractivity contribution in [3.8, 4) is 0 Å². The Bertz CT molecular complexity index is 3380.